The Hall–Kier alpha value is -3.29. The fraction of sp³-hybridized carbons (Fsp3) is 0.235. The highest BCUT2D eigenvalue weighted by atomic mass is 16.7. The molecule has 1 atom stereocenters. The summed E-state index contributed by atoms with van der Waals surface area (Å²) < 4.78 is 21.2. The molecular weight excluding hydrogens is 326 g/mol. The number of fused-ring (bicyclic) bond motifs is 1. The molecule has 1 unspecified atom stereocenters. The van der Waals surface area contributed by atoms with Crippen molar-refractivity contribution in [1.29, 1.82) is 0 Å². The minimum Gasteiger partial charge on any atom is -0.459 e. The van der Waals surface area contributed by atoms with Crippen molar-refractivity contribution in [2.24, 2.45) is 0 Å². The van der Waals surface area contributed by atoms with Gasteiger partial charge in [-0.15, -0.1) is 0 Å². The molecule has 1 aromatic carbocycles. The van der Waals surface area contributed by atoms with Crippen LogP contribution in [0.2, 0.25) is 0 Å². The fourth-order valence-corrected chi connectivity index (χ4v) is 3.08. The van der Waals surface area contributed by atoms with E-state index in [0.29, 0.717) is 41.9 Å². The van der Waals surface area contributed by atoms with Crippen molar-refractivity contribution in [2.45, 2.75) is 12.3 Å². The monoisotopic (exact) mass is 339 g/mol. The van der Waals surface area contributed by atoms with Crippen molar-refractivity contribution in [1.82, 2.24) is 10.1 Å². The van der Waals surface area contributed by atoms with E-state index in [1.54, 1.807) is 23.3 Å². The average molecular weight is 339 g/mol. The van der Waals surface area contributed by atoms with E-state index in [4.69, 9.17) is 18.4 Å². The second-order valence-corrected chi connectivity index (χ2v) is 5.88. The summed E-state index contributed by atoms with van der Waals surface area (Å²) in [6.45, 7) is 0.684. The van der Waals surface area contributed by atoms with Gasteiger partial charge in [-0.1, -0.05) is 5.16 Å². The Morgan fingerprint density at radius 1 is 1.16 bits per heavy atom. The maximum atomic E-state index is 12.4. The number of furan rings is 1. The van der Waals surface area contributed by atoms with Crippen LogP contribution in [0.3, 0.4) is 0 Å². The Balaban J connectivity index is 1.38. The predicted octanol–water partition coefficient (Wildman–Crippen LogP) is 2.58. The summed E-state index contributed by atoms with van der Waals surface area (Å²) in [7, 11) is 0. The number of carbonyl (C=O) groups is 1. The summed E-state index contributed by atoms with van der Waals surface area (Å²) in [4.78, 5) is 18.5. The van der Waals surface area contributed by atoms with Crippen LogP contribution in [0.15, 0.2) is 45.5 Å². The summed E-state index contributed by atoms with van der Waals surface area (Å²) in [5, 5.41) is 4.00. The summed E-state index contributed by atoms with van der Waals surface area (Å²) in [6.07, 6.45) is 1.87. The first-order chi connectivity index (χ1) is 12.3. The average Bonchev–Trinajstić information content (AvgIpc) is 3.39. The van der Waals surface area contributed by atoms with Gasteiger partial charge in [-0.2, -0.15) is 4.98 Å². The number of anilines is 1. The molecule has 1 amide bonds. The molecule has 2 aliphatic heterocycles. The third kappa shape index (κ3) is 2.34. The van der Waals surface area contributed by atoms with Crippen LogP contribution in [0, 0.1) is 0 Å². The number of hydrogen-bond acceptors (Lipinski definition) is 7. The lowest BCUT2D eigenvalue weighted by Gasteiger charge is -2.16. The topological polar surface area (TPSA) is 90.8 Å². The van der Waals surface area contributed by atoms with Gasteiger partial charge in [0.25, 0.3) is 5.89 Å². The molecule has 0 spiro atoms. The standard InChI is InChI=1S/C17H13N3O5/c21-15-6-10(16-18-17(25-19-16)13-2-1-5-22-13)8-20(15)11-3-4-12-14(7-11)24-9-23-12/h1-5,7,10H,6,8-9H2. The lowest BCUT2D eigenvalue weighted by Crippen LogP contribution is -2.24. The molecule has 4 heterocycles. The molecule has 8 heteroatoms. The van der Waals surface area contributed by atoms with Crippen molar-refractivity contribution in [3.8, 4) is 23.1 Å². The van der Waals surface area contributed by atoms with Crippen molar-refractivity contribution in [2.75, 3.05) is 18.2 Å². The third-order valence-electron chi connectivity index (χ3n) is 4.33. The lowest BCUT2D eigenvalue weighted by molar-refractivity contribution is -0.117. The van der Waals surface area contributed by atoms with Gasteiger partial charge in [-0.05, 0) is 24.3 Å². The molecule has 126 valence electrons. The molecule has 0 saturated carbocycles. The molecule has 2 aromatic heterocycles. The van der Waals surface area contributed by atoms with Gasteiger partial charge >= 0.3 is 0 Å². The molecule has 3 aromatic rings. The van der Waals surface area contributed by atoms with E-state index >= 15 is 0 Å². The summed E-state index contributed by atoms with van der Waals surface area (Å²) in [5.74, 6) is 2.54. The van der Waals surface area contributed by atoms with E-state index in [2.05, 4.69) is 10.1 Å². The molecule has 0 aliphatic carbocycles. The highest BCUT2D eigenvalue weighted by molar-refractivity contribution is 5.96. The third-order valence-corrected chi connectivity index (χ3v) is 4.33. The first kappa shape index (κ1) is 14.1. The van der Waals surface area contributed by atoms with Gasteiger partial charge in [0.2, 0.25) is 12.7 Å². The SMILES string of the molecule is O=C1CC(c2noc(-c3ccco3)n2)CN1c1ccc2c(c1)OCO2. The van der Waals surface area contributed by atoms with E-state index in [1.165, 1.54) is 0 Å². The number of rotatable bonds is 3. The van der Waals surface area contributed by atoms with Crippen LogP contribution in [0.4, 0.5) is 5.69 Å². The molecule has 0 bridgehead atoms. The Morgan fingerprint density at radius 3 is 2.96 bits per heavy atom. The molecular formula is C17H13N3O5. The zero-order chi connectivity index (χ0) is 16.8. The predicted molar refractivity (Wildman–Crippen MR) is 84.3 cm³/mol. The van der Waals surface area contributed by atoms with E-state index in [1.807, 2.05) is 18.2 Å². The van der Waals surface area contributed by atoms with Gasteiger partial charge in [0.05, 0.1) is 6.26 Å². The number of nitrogens with zero attached hydrogens (tertiary/aromatic N) is 3. The highest BCUT2D eigenvalue weighted by Gasteiger charge is 2.35. The minimum absolute atomic E-state index is 0.00761. The van der Waals surface area contributed by atoms with Gasteiger partial charge in [0.1, 0.15) is 0 Å². The summed E-state index contributed by atoms with van der Waals surface area (Å²) in [5.41, 5.74) is 0.770. The van der Waals surface area contributed by atoms with Crippen LogP contribution >= 0.6 is 0 Å². The van der Waals surface area contributed by atoms with Crippen LogP contribution in [0.25, 0.3) is 11.7 Å². The second kappa shape index (κ2) is 5.37. The van der Waals surface area contributed by atoms with Gasteiger partial charge in [0.15, 0.2) is 23.1 Å². The molecule has 0 radical (unpaired) electrons. The zero-order valence-corrected chi connectivity index (χ0v) is 13.0. The minimum atomic E-state index is -0.134. The Labute approximate surface area is 141 Å². The number of hydrogen-bond donors (Lipinski definition) is 0. The van der Waals surface area contributed by atoms with Crippen molar-refractivity contribution in [3.05, 3.63) is 42.4 Å². The number of amides is 1. The largest absolute Gasteiger partial charge is 0.459 e. The lowest BCUT2D eigenvalue weighted by atomic mass is 10.1. The molecule has 1 fully saturated rings. The number of ether oxygens (including phenoxy) is 2. The Bertz CT molecular complexity index is 934. The summed E-state index contributed by atoms with van der Waals surface area (Å²) in [6, 6.07) is 8.96. The maximum absolute atomic E-state index is 12.4. The van der Waals surface area contributed by atoms with Crippen LogP contribution in [0.1, 0.15) is 18.2 Å². The van der Waals surface area contributed by atoms with E-state index < -0.39 is 0 Å². The van der Waals surface area contributed by atoms with Gasteiger partial charge in [0, 0.05) is 30.6 Å². The fourth-order valence-electron chi connectivity index (χ4n) is 3.08. The maximum Gasteiger partial charge on any atom is 0.293 e. The van der Waals surface area contributed by atoms with Gasteiger partial charge < -0.3 is 23.3 Å². The quantitative estimate of drug-likeness (QED) is 0.724. The number of benzene rings is 1. The van der Waals surface area contributed by atoms with E-state index in [0.717, 1.165) is 5.69 Å². The van der Waals surface area contributed by atoms with E-state index in [-0.39, 0.29) is 18.6 Å². The van der Waals surface area contributed by atoms with Gasteiger partial charge in [-0.25, -0.2) is 0 Å². The number of carbonyl (C=O) groups excluding carboxylic acids is 1. The molecule has 8 nitrogen and oxygen atoms in total. The Morgan fingerprint density at radius 2 is 2.08 bits per heavy atom. The van der Waals surface area contributed by atoms with Crippen LogP contribution in [0.5, 0.6) is 11.5 Å². The molecule has 2 aliphatic rings. The molecule has 25 heavy (non-hydrogen) atoms. The van der Waals surface area contributed by atoms with Crippen molar-refractivity contribution < 1.29 is 23.2 Å². The molecule has 5 rings (SSSR count). The first-order valence-electron chi connectivity index (χ1n) is 7.85. The first-order valence-corrected chi connectivity index (χ1v) is 7.85. The smallest absolute Gasteiger partial charge is 0.293 e. The van der Waals surface area contributed by atoms with E-state index in [9.17, 15) is 4.79 Å². The zero-order valence-electron chi connectivity index (χ0n) is 13.0. The van der Waals surface area contributed by atoms with Gasteiger partial charge in [-0.3, -0.25) is 4.79 Å². The highest BCUT2D eigenvalue weighted by Crippen LogP contribution is 2.38. The van der Waals surface area contributed by atoms with Crippen LogP contribution in [-0.4, -0.2) is 29.4 Å². The van der Waals surface area contributed by atoms with Crippen LogP contribution < -0.4 is 14.4 Å². The summed E-state index contributed by atoms with van der Waals surface area (Å²) >= 11 is 0. The normalized spacial score (nSPS) is 19.0. The van der Waals surface area contributed by atoms with Crippen molar-refractivity contribution in [3.63, 3.8) is 0 Å². The second-order valence-electron chi connectivity index (χ2n) is 5.88. The molecule has 0 N–H and O–H groups in total. The number of aromatic nitrogens is 2. The molecule has 1 saturated heterocycles. The van der Waals surface area contributed by atoms with Crippen LogP contribution in [-0.2, 0) is 4.79 Å². The van der Waals surface area contributed by atoms with Crippen molar-refractivity contribution >= 4 is 11.6 Å². The Kier molecular flexibility index (Phi) is 3.03.